The van der Waals surface area contributed by atoms with Crippen molar-refractivity contribution in [3.63, 3.8) is 0 Å². The summed E-state index contributed by atoms with van der Waals surface area (Å²) in [4.78, 5) is 18.9. The number of nitrogens with zero attached hydrogens (tertiary/aromatic N) is 3. The van der Waals surface area contributed by atoms with Gasteiger partial charge in [0.2, 0.25) is 11.9 Å². The van der Waals surface area contributed by atoms with E-state index in [4.69, 9.17) is 5.73 Å². The van der Waals surface area contributed by atoms with Crippen LogP contribution in [0.25, 0.3) is 0 Å². The Labute approximate surface area is 138 Å². The molecule has 2 saturated carbocycles. The molecule has 3 N–H and O–H groups in total. The molecule has 1 heterocycles. The Hall–Kier alpha value is -1.56. The van der Waals surface area contributed by atoms with Crippen LogP contribution >= 0.6 is 0 Å². The van der Waals surface area contributed by atoms with Crippen LogP contribution in [0.4, 0.5) is 5.95 Å². The lowest BCUT2D eigenvalue weighted by atomic mass is 9.65. The van der Waals surface area contributed by atoms with Gasteiger partial charge in [0.15, 0.2) is 0 Å². The van der Waals surface area contributed by atoms with Gasteiger partial charge in [-0.05, 0) is 37.5 Å². The Balaban J connectivity index is 1.58. The summed E-state index contributed by atoms with van der Waals surface area (Å²) in [5.74, 6) is 2.28. The van der Waals surface area contributed by atoms with Gasteiger partial charge in [0.25, 0.3) is 0 Å². The second-order valence-corrected chi connectivity index (χ2v) is 7.42. The van der Waals surface area contributed by atoms with Crippen molar-refractivity contribution in [2.24, 2.45) is 30.5 Å². The Morgan fingerprint density at radius 1 is 1.39 bits per heavy atom. The average molecular weight is 319 g/mol. The third-order valence-electron chi connectivity index (χ3n) is 5.69. The van der Waals surface area contributed by atoms with Crippen LogP contribution < -0.4 is 16.0 Å². The number of hydrogen-bond donors (Lipinski definition) is 2. The topological polar surface area (TPSA) is 76.2 Å². The third-order valence-corrected chi connectivity index (χ3v) is 5.69. The number of imidazole rings is 1. The van der Waals surface area contributed by atoms with E-state index in [9.17, 15) is 4.79 Å². The summed E-state index contributed by atoms with van der Waals surface area (Å²) in [6, 6.07) is 0.313. The first-order valence-corrected chi connectivity index (χ1v) is 8.68. The molecule has 6 nitrogen and oxygen atoms in total. The summed E-state index contributed by atoms with van der Waals surface area (Å²) in [6.45, 7) is 0.536. The van der Waals surface area contributed by atoms with E-state index in [-0.39, 0.29) is 11.8 Å². The summed E-state index contributed by atoms with van der Waals surface area (Å²) in [5, 5.41) is 3.11. The lowest BCUT2D eigenvalue weighted by Gasteiger charge is -2.43. The monoisotopic (exact) mass is 319 g/mol. The molecule has 2 aliphatic rings. The second-order valence-electron chi connectivity index (χ2n) is 7.42. The molecule has 1 amide bonds. The smallest absolute Gasteiger partial charge is 0.223 e. The molecule has 2 aliphatic carbocycles. The van der Waals surface area contributed by atoms with Gasteiger partial charge in [-0.2, -0.15) is 0 Å². The number of rotatable bonds is 4. The van der Waals surface area contributed by atoms with Crippen LogP contribution in [-0.2, 0) is 18.4 Å². The molecular weight excluding hydrogens is 290 g/mol. The molecule has 0 radical (unpaired) electrons. The molecule has 0 spiro atoms. The van der Waals surface area contributed by atoms with E-state index >= 15 is 0 Å². The number of fused-ring (bicyclic) bond motifs is 2. The molecule has 0 saturated heterocycles. The predicted molar refractivity (Wildman–Crippen MR) is 90.9 cm³/mol. The quantitative estimate of drug-likeness (QED) is 0.876. The van der Waals surface area contributed by atoms with Gasteiger partial charge in [-0.15, -0.1) is 0 Å². The summed E-state index contributed by atoms with van der Waals surface area (Å²) < 4.78 is 2.02. The average Bonchev–Trinajstić information content (AvgIpc) is 2.85. The van der Waals surface area contributed by atoms with E-state index in [2.05, 4.69) is 10.3 Å². The van der Waals surface area contributed by atoms with E-state index in [1.165, 1.54) is 19.3 Å². The molecule has 2 atom stereocenters. The second kappa shape index (κ2) is 6.51. The number of anilines is 1. The van der Waals surface area contributed by atoms with E-state index in [0.717, 1.165) is 24.5 Å². The molecule has 2 bridgehead atoms. The van der Waals surface area contributed by atoms with Gasteiger partial charge in [-0.3, -0.25) is 4.79 Å². The van der Waals surface area contributed by atoms with Crippen LogP contribution in [-0.4, -0.2) is 35.6 Å². The summed E-state index contributed by atoms with van der Waals surface area (Å²) in [6.07, 6.45) is 7.40. The summed E-state index contributed by atoms with van der Waals surface area (Å²) in [5.41, 5.74) is 7.34. The first-order valence-electron chi connectivity index (χ1n) is 8.68. The van der Waals surface area contributed by atoms with E-state index in [1.807, 2.05) is 36.8 Å². The minimum atomic E-state index is 0.131. The third kappa shape index (κ3) is 3.22. The molecule has 2 unspecified atom stereocenters. The number of hydrogen-bond acceptors (Lipinski definition) is 4. The number of nitrogens with one attached hydrogen (secondary N) is 1. The maximum atomic E-state index is 12.6. The lowest BCUT2D eigenvalue weighted by molar-refractivity contribution is -0.128. The molecule has 2 fully saturated rings. The Morgan fingerprint density at radius 2 is 2.04 bits per heavy atom. The van der Waals surface area contributed by atoms with Crippen LogP contribution in [0.1, 0.15) is 37.8 Å². The van der Waals surface area contributed by atoms with Gasteiger partial charge in [0.05, 0.1) is 18.4 Å². The van der Waals surface area contributed by atoms with Gasteiger partial charge >= 0.3 is 0 Å². The number of carbonyl (C=O) groups is 1. The highest BCUT2D eigenvalue weighted by Gasteiger charge is 2.40. The summed E-state index contributed by atoms with van der Waals surface area (Å²) >= 11 is 0. The van der Waals surface area contributed by atoms with Gasteiger partial charge < -0.3 is 20.5 Å². The van der Waals surface area contributed by atoms with Crippen LogP contribution in [0.3, 0.4) is 0 Å². The standard InChI is InChI=1S/C17H29N5O/c1-21(2)17-20-10-14(22(17)3)9-19-16(23)13-7-11-5-4-6-12(8-13)15(11)18/h10-13,15H,4-9,18H2,1-3H3,(H,19,23). The van der Waals surface area contributed by atoms with Gasteiger partial charge in [-0.1, -0.05) is 6.42 Å². The van der Waals surface area contributed by atoms with Gasteiger partial charge in [-0.25, -0.2) is 4.98 Å². The molecule has 0 aliphatic heterocycles. The molecule has 23 heavy (non-hydrogen) atoms. The number of aromatic nitrogens is 2. The zero-order chi connectivity index (χ0) is 16.6. The minimum absolute atomic E-state index is 0.131. The van der Waals surface area contributed by atoms with Crippen LogP contribution in [0, 0.1) is 17.8 Å². The van der Waals surface area contributed by atoms with Crippen LogP contribution in [0.5, 0.6) is 0 Å². The Kier molecular flexibility index (Phi) is 4.62. The van der Waals surface area contributed by atoms with Crippen LogP contribution in [0.2, 0.25) is 0 Å². The lowest BCUT2D eigenvalue weighted by Crippen LogP contribution is -2.49. The highest BCUT2D eigenvalue weighted by atomic mass is 16.1. The maximum Gasteiger partial charge on any atom is 0.223 e. The Bertz CT molecular complexity index is 553. The van der Waals surface area contributed by atoms with Crippen molar-refractivity contribution in [1.29, 1.82) is 0 Å². The molecule has 3 rings (SSSR count). The molecule has 0 aromatic carbocycles. The van der Waals surface area contributed by atoms with Crippen LogP contribution in [0.15, 0.2) is 6.20 Å². The first-order chi connectivity index (χ1) is 11.0. The maximum absolute atomic E-state index is 12.6. The zero-order valence-electron chi connectivity index (χ0n) is 14.5. The van der Waals surface area contributed by atoms with Crippen molar-refractivity contribution in [1.82, 2.24) is 14.9 Å². The number of amides is 1. The molecular formula is C17H29N5O. The van der Waals surface area contributed by atoms with Crippen molar-refractivity contribution in [3.8, 4) is 0 Å². The van der Waals surface area contributed by atoms with E-state index < -0.39 is 0 Å². The van der Waals surface area contributed by atoms with Crippen molar-refractivity contribution < 1.29 is 4.79 Å². The molecule has 1 aromatic rings. The van der Waals surface area contributed by atoms with Crippen molar-refractivity contribution in [3.05, 3.63) is 11.9 Å². The fraction of sp³-hybridized carbons (Fsp3) is 0.765. The number of nitrogens with two attached hydrogens (primary N) is 1. The van der Waals surface area contributed by atoms with Gasteiger partial charge in [0, 0.05) is 33.1 Å². The fourth-order valence-corrected chi connectivity index (χ4v) is 4.34. The molecule has 6 heteroatoms. The van der Waals surface area contributed by atoms with E-state index in [0.29, 0.717) is 24.4 Å². The SMILES string of the molecule is CN(C)c1ncc(CNC(=O)C2CC3CCCC(C2)C3N)n1C. The zero-order valence-corrected chi connectivity index (χ0v) is 14.5. The highest BCUT2D eigenvalue weighted by molar-refractivity contribution is 5.78. The summed E-state index contributed by atoms with van der Waals surface area (Å²) in [7, 11) is 5.91. The first kappa shape index (κ1) is 16.3. The molecule has 128 valence electrons. The Morgan fingerprint density at radius 3 is 2.61 bits per heavy atom. The predicted octanol–water partition coefficient (Wildman–Crippen LogP) is 1.26. The van der Waals surface area contributed by atoms with Crippen molar-refractivity contribution in [2.75, 3.05) is 19.0 Å². The van der Waals surface area contributed by atoms with Gasteiger partial charge in [0.1, 0.15) is 0 Å². The highest BCUT2D eigenvalue weighted by Crippen LogP contribution is 2.41. The minimum Gasteiger partial charge on any atom is -0.350 e. The fourth-order valence-electron chi connectivity index (χ4n) is 4.34. The number of carbonyl (C=O) groups excluding carboxylic acids is 1. The van der Waals surface area contributed by atoms with Crippen molar-refractivity contribution in [2.45, 2.75) is 44.7 Å². The largest absolute Gasteiger partial charge is 0.350 e. The molecule has 1 aromatic heterocycles. The normalized spacial score (nSPS) is 30.1. The van der Waals surface area contributed by atoms with Crippen molar-refractivity contribution >= 4 is 11.9 Å². The van der Waals surface area contributed by atoms with E-state index in [1.54, 1.807) is 0 Å².